The largest absolute Gasteiger partial charge is 0.481 e. The summed E-state index contributed by atoms with van der Waals surface area (Å²) in [6, 6.07) is 0. The van der Waals surface area contributed by atoms with E-state index >= 15 is 0 Å². The lowest BCUT2D eigenvalue weighted by molar-refractivity contribution is -0.156. The number of carbonyl (C=O) groups is 3. The van der Waals surface area contributed by atoms with Gasteiger partial charge in [-0.25, -0.2) is 4.79 Å². The van der Waals surface area contributed by atoms with Crippen molar-refractivity contribution >= 4 is 17.9 Å². The molecule has 0 amide bonds. The third kappa shape index (κ3) is 3.79. The molecule has 0 aromatic carbocycles. The lowest BCUT2D eigenvalue weighted by atomic mass is 10.1. The molecule has 4 atom stereocenters. The molecule has 0 spiro atoms. The number of ether oxygens (including phenoxy) is 4. The quantitative estimate of drug-likeness (QED) is 0.524. The number of fused-ring (bicyclic) bond motifs is 1. The zero-order valence-electron chi connectivity index (χ0n) is 11.2. The number of carboxylic acids is 1. The zero-order chi connectivity index (χ0) is 15.4. The van der Waals surface area contributed by atoms with Crippen LogP contribution in [0.4, 0.5) is 0 Å². The van der Waals surface area contributed by atoms with Crippen LogP contribution in [0.2, 0.25) is 0 Å². The molecule has 21 heavy (non-hydrogen) atoms. The summed E-state index contributed by atoms with van der Waals surface area (Å²) in [6.07, 6.45) is -1.65. The molecule has 2 saturated heterocycles. The van der Waals surface area contributed by atoms with Crippen molar-refractivity contribution in [2.24, 2.45) is 0 Å². The first-order chi connectivity index (χ1) is 10.0. The predicted molar refractivity (Wildman–Crippen MR) is 66.3 cm³/mol. The van der Waals surface area contributed by atoms with Crippen LogP contribution in [0.15, 0.2) is 12.7 Å². The van der Waals surface area contributed by atoms with Gasteiger partial charge in [0.05, 0.1) is 26.1 Å². The fraction of sp³-hybridized carbons (Fsp3) is 0.615. The molecule has 0 saturated carbocycles. The SMILES string of the molecule is C=CC(=O)O[C@@H]1CO[C@H]2[C@@H]1OC[C@@H]2OC(=O)CCC(=O)O. The monoisotopic (exact) mass is 300 g/mol. The summed E-state index contributed by atoms with van der Waals surface area (Å²) in [4.78, 5) is 33.1. The van der Waals surface area contributed by atoms with E-state index in [1.165, 1.54) is 0 Å². The van der Waals surface area contributed by atoms with Gasteiger partial charge in [-0.3, -0.25) is 9.59 Å². The molecule has 8 heteroatoms. The van der Waals surface area contributed by atoms with Crippen LogP contribution < -0.4 is 0 Å². The van der Waals surface area contributed by atoms with E-state index in [0.717, 1.165) is 6.08 Å². The van der Waals surface area contributed by atoms with E-state index < -0.39 is 42.3 Å². The van der Waals surface area contributed by atoms with E-state index in [4.69, 9.17) is 24.1 Å². The lowest BCUT2D eigenvalue weighted by Gasteiger charge is -2.16. The third-order valence-electron chi connectivity index (χ3n) is 3.22. The van der Waals surface area contributed by atoms with E-state index in [2.05, 4.69) is 6.58 Å². The first-order valence-corrected chi connectivity index (χ1v) is 6.48. The van der Waals surface area contributed by atoms with Crippen LogP contribution in [-0.2, 0) is 33.3 Å². The first-order valence-electron chi connectivity index (χ1n) is 6.48. The van der Waals surface area contributed by atoms with Gasteiger partial charge in [-0.05, 0) is 0 Å². The molecule has 0 unspecified atom stereocenters. The smallest absolute Gasteiger partial charge is 0.330 e. The van der Waals surface area contributed by atoms with Crippen LogP contribution in [0.3, 0.4) is 0 Å². The maximum Gasteiger partial charge on any atom is 0.330 e. The maximum absolute atomic E-state index is 11.5. The fourth-order valence-electron chi connectivity index (χ4n) is 2.27. The first kappa shape index (κ1) is 15.5. The van der Waals surface area contributed by atoms with Crippen molar-refractivity contribution in [2.45, 2.75) is 37.3 Å². The van der Waals surface area contributed by atoms with Gasteiger partial charge in [-0.15, -0.1) is 0 Å². The molecule has 2 heterocycles. The second-order valence-corrected chi connectivity index (χ2v) is 4.70. The van der Waals surface area contributed by atoms with Crippen molar-refractivity contribution in [3.63, 3.8) is 0 Å². The molecule has 0 aromatic heterocycles. The minimum absolute atomic E-state index is 0.121. The molecule has 2 aliphatic heterocycles. The summed E-state index contributed by atoms with van der Waals surface area (Å²) >= 11 is 0. The average molecular weight is 300 g/mol. The van der Waals surface area contributed by atoms with Gasteiger partial charge in [-0.1, -0.05) is 6.58 Å². The molecule has 0 bridgehead atoms. The van der Waals surface area contributed by atoms with Gasteiger partial charge in [0.15, 0.2) is 12.2 Å². The Morgan fingerprint density at radius 1 is 1.10 bits per heavy atom. The van der Waals surface area contributed by atoms with Gasteiger partial charge < -0.3 is 24.1 Å². The Labute approximate surface area is 120 Å². The normalized spacial score (nSPS) is 30.5. The number of carboxylic acid groups (broad SMARTS) is 1. The van der Waals surface area contributed by atoms with E-state index in [-0.39, 0.29) is 26.1 Å². The van der Waals surface area contributed by atoms with Gasteiger partial charge in [-0.2, -0.15) is 0 Å². The van der Waals surface area contributed by atoms with Crippen LogP contribution in [0.1, 0.15) is 12.8 Å². The highest BCUT2D eigenvalue weighted by Gasteiger charge is 2.51. The molecule has 116 valence electrons. The van der Waals surface area contributed by atoms with Gasteiger partial charge in [0.2, 0.25) is 0 Å². The van der Waals surface area contributed by atoms with E-state index in [1.54, 1.807) is 0 Å². The number of hydrogen-bond acceptors (Lipinski definition) is 7. The zero-order valence-corrected chi connectivity index (χ0v) is 11.2. The van der Waals surface area contributed by atoms with Crippen LogP contribution in [0.25, 0.3) is 0 Å². The molecule has 1 N–H and O–H groups in total. The van der Waals surface area contributed by atoms with Crippen molar-refractivity contribution in [1.82, 2.24) is 0 Å². The minimum atomic E-state index is -1.07. The summed E-state index contributed by atoms with van der Waals surface area (Å²) in [7, 11) is 0. The molecule has 2 fully saturated rings. The highest BCUT2D eigenvalue weighted by atomic mass is 16.7. The van der Waals surface area contributed by atoms with E-state index in [1.807, 2.05) is 0 Å². The predicted octanol–water partition coefficient (Wildman–Crippen LogP) is -0.342. The Bertz CT molecular complexity index is 445. The minimum Gasteiger partial charge on any atom is -0.481 e. The Morgan fingerprint density at radius 3 is 2.19 bits per heavy atom. The van der Waals surface area contributed by atoms with Crippen molar-refractivity contribution in [1.29, 1.82) is 0 Å². The Morgan fingerprint density at radius 2 is 1.67 bits per heavy atom. The van der Waals surface area contributed by atoms with Gasteiger partial charge >= 0.3 is 17.9 Å². The highest BCUT2D eigenvalue weighted by molar-refractivity contribution is 5.81. The van der Waals surface area contributed by atoms with E-state index in [0.29, 0.717) is 0 Å². The lowest BCUT2D eigenvalue weighted by Crippen LogP contribution is -2.35. The summed E-state index contributed by atoms with van der Waals surface area (Å²) < 4.78 is 21.1. The summed E-state index contributed by atoms with van der Waals surface area (Å²) in [5.74, 6) is -2.27. The molecule has 0 aliphatic carbocycles. The second kappa shape index (κ2) is 6.68. The van der Waals surface area contributed by atoms with Crippen LogP contribution in [0.5, 0.6) is 0 Å². The fourth-order valence-corrected chi connectivity index (χ4v) is 2.27. The second-order valence-electron chi connectivity index (χ2n) is 4.70. The van der Waals surface area contributed by atoms with Crippen molar-refractivity contribution < 1.29 is 38.4 Å². The number of esters is 2. The average Bonchev–Trinajstić information content (AvgIpc) is 3.01. The topological polar surface area (TPSA) is 108 Å². The van der Waals surface area contributed by atoms with Gasteiger partial charge in [0, 0.05) is 6.08 Å². The Hall–Kier alpha value is -1.93. The summed E-state index contributed by atoms with van der Waals surface area (Å²) in [6.45, 7) is 3.58. The van der Waals surface area contributed by atoms with E-state index in [9.17, 15) is 14.4 Å². The number of carbonyl (C=O) groups excluding carboxylic acids is 2. The molecule has 0 radical (unpaired) electrons. The molecule has 2 aliphatic rings. The van der Waals surface area contributed by atoms with Gasteiger partial charge in [0.1, 0.15) is 12.2 Å². The maximum atomic E-state index is 11.5. The van der Waals surface area contributed by atoms with Crippen LogP contribution in [0, 0.1) is 0 Å². The molecule has 2 rings (SSSR count). The molecular weight excluding hydrogens is 284 g/mol. The number of rotatable bonds is 6. The molecule has 8 nitrogen and oxygen atoms in total. The number of aliphatic carboxylic acids is 1. The van der Waals surface area contributed by atoms with Crippen LogP contribution in [-0.4, -0.2) is 60.6 Å². The van der Waals surface area contributed by atoms with Gasteiger partial charge in [0.25, 0.3) is 0 Å². The Balaban J connectivity index is 1.84. The van der Waals surface area contributed by atoms with Crippen molar-refractivity contribution in [2.75, 3.05) is 13.2 Å². The number of hydrogen-bond donors (Lipinski definition) is 1. The highest BCUT2D eigenvalue weighted by Crippen LogP contribution is 2.30. The molecule has 0 aromatic rings. The standard InChI is InChI=1S/C13H16O8/c1-2-10(16)20-7-5-18-13-8(6-19-12(7)13)21-11(17)4-3-9(14)15/h2,7-8,12-13H,1,3-6H2,(H,14,15)/t7-,8+,12-,13-/m1/s1. The van der Waals surface area contributed by atoms with Crippen molar-refractivity contribution in [3.05, 3.63) is 12.7 Å². The van der Waals surface area contributed by atoms with Crippen LogP contribution >= 0.6 is 0 Å². The Kier molecular flexibility index (Phi) is 4.92. The molecular formula is C13H16O8. The summed E-state index contributed by atoms with van der Waals surface area (Å²) in [5.41, 5.74) is 0. The third-order valence-corrected chi connectivity index (χ3v) is 3.22. The van der Waals surface area contributed by atoms with Crippen molar-refractivity contribution in [3.8, 4) is 0 Å². The summed E-state index contributed by atoms with van der Waals surface area (Å²) in [5, 5.41) is 8.50.